The second-order valence-corrected chi connectivity index (χ2v) is 9.28. The third-order valence-electron chi connectivity index (χ3n) is 6.88. The summed E-state index contributed by atoms with van der Waals surface area (Å²) in [5.74, 6) is -0.267. The molecule has 0 aliphatic heterocycles. The van der Waals surface area contributed by atoms with E-state index >= 15 is 0 Å². The van der Waals surface area contributed by atoms with Crippen LogP contribution in [-0.2, 0) is 17.6 Å². The summed E-state index contributed by atoms with van der Waals surface area (Å²) in [6.45, 7) is 2.38. The van der Waals surface area contributed by atoms with E-state index in [2.05, 4.69) is 22.8 Å². The van der Waals surface area contributed by atoms with Gasteiger partial charge in [-0.25, -0.2) is 4.39 Å². The molecule has 0 saturated heterocycles. The molecule has 1 spiro atoms. The van der Waals surface area contributed by atoms with Gasteiger partial charge < -0.3 is 10.6 Å². The second-order valence-electron chi connectivity index (χ2n) is 9.28. The number of carbonyl (C=O) groups excluding carboxylic acids is 2. The van der Waals surface area contributed by atoms with Crippen molar-refractivity contribution >= 4 is 17.4 Å². The number of amides is 1. The van der Waals surface area contributed by atoms with Crippen molar-refractivity contribution < 1.29 is 14.0 Å². The molecule has 2 aliphatic carbocycles. The minimum Gasteiger partial charge on any atom is -0.326 e. The predicted molar refractivity (Wildman–Crippen MR) is 121 cm³/mol. The van der Waals surface area contributed by atoms with Crippen molar-refractivity contribution in [3.8, 4) is 0 Å². The molecule has 0 heterocycles. The minimum absolute atomic E-state index is 0.0291. The smallest absolute Gasteiger partial charge is 0.221 e. The zero-order chi connectivity index (χ0) is 21.8. The van der Waals surface area contributed by atoms with Crippen LogP contribution in [0.4, 0.5) is 10.1 Å². The highest BCUT2D eigenvalue weighted by Crippen LogP contribution is 2.47. The molecule has 0 bridgehead atoms. The number of hydrogen-bond acceptors (Lipinski definition) is 3. The predicted octanol–water partition coefficient (Wildman–Crippen LogP) is 5.06. The number of carbonyl (C=O) groups is 2. The molecule has 164 valence electrons. The first kappa shape index (κ1) is 21.7. The van der Waals surface area contributed by atoms with Crippen LogP contribution in [0.1, 0.15) is 66.9 Å². The molecule has 2 N–H and O–H groups in total. The maximum Gasteiger partial charge on any atom is 0.221 e. The summed E-state index contributed by atoms with van der Waals surface area (Å²) in [6, 6.07) is 12.7. The molecule has 0 aromatic heterocycles. The number of anilines is 1. The van der Waals surface area contributed by atoms with E-state index in [0.717, 1.165) is 31.5 Å². The molecule has 1 fully saturated rings. The summed E-state index contributed by atoms with van der Waals surface area (Å²) in [5.41, 5.74) is 4.67. The normalized spacial score (nSPS) is 22.3. The third kappa shape index (κ3) is 5.40. The van der Waals surface area contributed by atoms with Gasteiger partial charge in [-0.3, -0.25) is 9.59 Å². The van der Waals surface area contributed by atoms with Crippen LogP contribution in [0.25, 0.3) is 0 Å². The molecular weight excluding hydrogens is 391 g/mol. The van der Waals surface area contributed by atoms with Crippen molar-refractivity contribution in [3.05, 3.63) is 65.0 Å². The average Bonchev–Trinajstić information content (AvgIpc) is 3.09. The Morgan fingerprint density at radius 1 is 1.03 bits per heavy atom. The maximum absolute atomic E-state index is 13.0. The Bertz CT molecular complexity index is 946. The first-order valence-corrected chi connectivity index (χ1v) is 11.3. The van der Waals surface area contributed by atoms with Gasteiger partial charge in [0, 0.05) is 30.6 Å². The van der Waals surface area contributed by atoms with E-state index in [-0.39, 0.29) is 17.5 Å². The topological polar surface area (TPSA) is 58.2 Å². The molecule has 2 aromatic carbocycles. The molecule has 31 heavy (non-hydrogen) atoms. The monoisotopic (exact) mass is 422 g/mol. The summed E-state index contributed by atoms with van der Waals surface area (Å²) >= 11 is 0. The second kappa shape index (κ2) is 9.31. The molecule has 1 amide bonds. The van der Waals surface area contributed by atoms with E-state index < -0.39 is 0 Å². The van der Waals surface area contributed by atoms with Crippen molar-refractivity contribution in [2.45, 2.75) is 64.3 Å². The lowest BCUT2D eigenvalue weighted by Crippen LogP contribution is -2.38. The molecule has 0 atom stereocenters. The third-order valence-corrected chi connectivity index (χ3v) is 6.88. The molecular formula is C26H31FN2O2. The number of rotatable bonds is 7. The molecule has 2 aliphatic rings. The molecule has 2 aromatic rings. The van der Waals surface area contributed by atoms with Gasteiger partial charge in [-0.2, -0.15) is 0 Å². The Labute approximate surface area is 183 Å². The van der Waals surface area contributed by atoms with Gasteiger partial charge in [-0.15, -0.1) is 0 Å². The van der Waals surface area contributed by atoms with E-state index in [1.807, 2.05) is 6.07 Å². The van der Waals surface area contributed by atoms with Gasteiger partial charge in [0.05, 0.1) is 0 Å². The van der Waals surface area contributed by atoms with Gasteiger partial charge in [0.2, 0.25) is 5.91 Å². The van der Waals surface area contributed by atoms with Gasteiger partial charge in [-0.1, -0.05) is 6.07 Å². The van der Waals surface area contributed by atoms with E-state index in [9.17, 15) is 14.0 Å². The fraction of sp³-hybridized carbons (Fsp3) is 0.462. The van der Waals surface area contributed by atoms with E-state index in [0.29, 0.717) is 23.4 Å². The lowest BCUT2D eigenvalue weighted by molar-refractivity contribution is -0.114. The molecule has 0 radical (unpaired) electrons. The molecule has 0 unspecified atom stereocenters. The highest BCUT2D eigenvalue weighted by Gasteiger charge is 2.40. The molecule has 4 nitrogen and oxygen atoms in total. The number of fused-ring (bicyclic) bond motifs is 1. The molecule has 5 heteroatoms. The zero-order valence-electron chi connectivity index (χ0n) is 18.2. The van der Waals surface area contributed by atoms with Crippen LogP contribution in [0.3, 0.4) is 0 Å². The lowest BCUT2D eigenvalue weighted by atomic mass is 9.70. The number of hydrogen-bond donors (Lipinski definition) is 2. The quantitative estimate of drug-likeness (QED) is 0.484. The van der Waals surface area contributed by atoms with E-state index in [4.69, 9.17) is 0 Å². The zero-order valence-corrected chi connectivity index (χ0v) is 18.2. The summed E-state index contributed by atoms with van der Waals surface area (Å²) in [5, 5.41) is 6.53. The fourth-order valence-corrected chi connectivity index (χ4v) is 5.24. The van der Waals surface area contributed by atoms with Crippen LogP contribution in [-0.4, -0.2) is 24.3 Å². The Balaban J connectivity index is 1.20. The summed E-state index contributed by atoms with van der Waals surface area (Å²) < 4.78 is 13.0. The van der Waals surface area contributed by atoms with Crippen LogP contribution in [0.15, 0.2) is 42.5 Å². The van der Waals surface area contributed by atoms with Crippen molar-refractivity contribution in [2.75, 3.05) is 11.9 Å². The van der Waals surface area contributed by atoms with Gasteiger partial charge in [0.25, 0.3) is 0 Å². The molecule has 1 saturated carbocycles. The van der Waals surface area contributed by atoms with E-state index in [1.165, 1.54) is 48.9 Å². The first-order chi connectivity index (χ1) is 14.9. The Hall–Kier alpha value is -2.53. The Morgan fingerprint density at radius 2 is 1.74 bits per heavy atom. The van der Waals surface area contributed by atoms with Gasteiger partial charge in [0.1, 0.15) is 5.82 Å². The average molecular weight is 423 g/mol. The highest BCUT2D eigenvalue weighted by molar-refractivity contribution is 5.95. The van der Waals surface area contributed by atoms with Crippen LogP contribution in [0, 0.1) is 11.2 Å². The van der Waals surface area contributed by atoms with Gasteiger partial charge >= 0.3 is 0 Å². The highest BCUT2D eigenvalue weighted by atomic mass is 19.1. The van der Waals surface area contributed by atoms with Crippen LogP contribution < -0.4 is 10.6 Å². The maximum atomic E-state index is 13.0. The number of nitrogens with one attached hydrogen (secondary N) is 2. The summed E-state index contributed by atoms with van der Waals surface area (Å²) in [7, 11) is 0. The standard InChI is InChI=1S/C26H31FN2O2/c1-18(30)29-24-9-6-20-16-26(17-21(20)15-24)12-10-23(11-13-26)28-14-2-3-25(31)19-4-7-22(27)8-5-19/h4-9,15,23,28H,2-3,10-14,16-17H2,1H3,(H,29,30). The number of ketones is 1. The SMILES string of the molecule is CC(=O)Nc1ccc2c(c1)CC1(CCC(NCCCC(=O)c3ccc(F)cc3)CC1)C2. The first-order valence-electron chi connectivity index (χ1n) is 11.3. The van der Waals surface area contributed by atoms with Crippen LogP contribution >= 0.6 is 0 Å². The fourth-order valence-electron chi connectivity index (χ4n) is 5.24. The molecule has 4 rings (SSSR count). The van der Waals surface area contributed by atoms with Crippen LogP contribution in [0.5, 0.6) is 0 Å². The van der Waals surface area contributed by atoms with Crippen LogP contribution in [0.2, 0.25) is 0 Å². The number of halogens is 1. The minimum atomic E-state index is -0.313. The van der Waals surface area contributed by atoms with Gasteiger partial charge in [-0.05, 0) is 104 Å². The van der Waals surface area contributed by atoms with Crippen molar-refractivity contribution in [3.63, 3.8) is 0 Å². The van der Waals surface area contributed by atoms with E-state index in [1.54, 1.807) is 19.1 Å². The number of Topliss-reactive ketones (excluding diaryl/α,β-unsaturated/α-hetero) is 1. The van der Waals surface area contributed by atoms with Crippen molar-refractivity contribution in [2.24, 2.45) is 5.41 Å². The Morgan fingerprint density at radius 3 is 2.45 bits per heavy atom. The number of benzene rings is 2. The lowest BCUT2D eigenvalue weighted by Gasteiger charge is -2.37. The summed E-state index contributed by atoms with van der Waals surface area (Å²) in [4.78, 5) is 23.5. The van der Waals surface area contributed by atoms with Gasteiger partial charge in [0.15, 0.2) is 5.78 Å². The summed E-state index contributed by atoms with van der Waals surface area (Å²) in [6.07, 6.45) is 8.29. The largest absolute Gasteiger partial charge is 0.326 e. The van der Waals surface area contributed by atoms with Crippen molar-refractivity contribution in [1.29, 1.82) is 0 Å². The van der Waals surface area contributed by atoms with Crippen molar-refractivity contribution in [1.82, 2.24) is 5.32 Å². The Kier molecular flexibility index (Phi) is 6.51.